The van der Waals surface area contributed by atoms with E-state index in [1.54, 1.807) is 6.20 Å². The number of hydrogen-bond donors (Lipinski definition) is 1. The van der Waals surface area contributed by atoms with Gasteiger partial charge < -0.3 is 9.80 Å². The second kappa shape index (κ2) is 5.44. The van der Waals surface area contributed by atoms with Gasteiger partial charge in [-0.1, -0.05) is 0 Å². The fourth-order valence-electron chi connectivity index (χ4n) is 2.90. The second-order valence-electron chi connectivity index (χ2n) is 5.93. The van der Waals surface area contributed by atoms with Gasteiger partial charge in [0.1, 0.15) is 0 Å². The number of H-pyrrole nitrogens is 1. The summed E-state index contributed by atoms with van der Waals surface area (Å²) in [5.74, 6) is 0.0715. The van der Waals surface area contributed by atoms with E-state index in [-0.39, 0.29) is 5.91 Å². The van der Waals surface area contributed by atoms with Crippen molar-refractivity contribution in [2.75, 3.05) is 27.2 Å². The molecule has 2 aromatic rings. The number of carbonyl (C=O) groups excluding carboxylic acids is 1. The summed E-state index contributed by atoms with van der Waals surface area (Å²) in [5.41, 5.74) is 2.25. The normalized spacial score (nSPS) is 16.9. The van der Waals surface area contributed by atoms with Crippen LogP contribution in [0.5, 0.6) is 0 Å². The number of amides is 1. The van der Waals surface area contributed by atoms with Crippen molar-refractivity contribution in [1.29, 1.82) is 0 Å². The van der Waals surface area contributed by atoms with Crippen molar-refractivity contribution < 1.29 is 4.79 Å². The lowest BCUT2D eigenvalue weighted by molar-refractivity contribution is 0.0663. The Balaban J connectivity index is 1.76. The van der Waals surface area contributed by atoms with Gasteiger partial charge in [-0.25, -0.2) is 4.98 Å². The van der Waals surface area contributed by atoms with Crippen molar-refractivity contribution in [3.63, 3.8) is 0 Å². The molecule has 0 radical (unpaired) electrons. The first kappa shape index (κ1) is 14.0. The fourth-order valence-corrected chi connectivity index (χ4v) is 2.90. The summed E-state index contributed by atoms with van der Waals surface area (Å²) < 4.78 is 0. The minimum atomic E-state index is 0.0715. The van der Waals surface area contributed by atoms with Gasteiger partial charge in [0.15, 0.2) is 5.65 Å². The van der Waals surface area contributed by atoms with Gasteiger partial charge in [0.05, 0.1) is 5.56 Å². The van der Waals surface area contributed by atoms with Crippen molar-refractivity contribution >= 4 is 16.9 Å². The Hall–Kier alpha value is -1.95. The van der Waals surface area contributed by atoms with Crippen molar-refractivity contribution in [3.05, 3.63) is 23.5 Å². The number of aromatic nitrogens is 3. The van der Waals surface area contributed by atoms with E-state index in [1.807, 2.05) is 17.9 Å². The number of fused-ring (bicyclic) bond motifs is 1. The molecule has 1 aliphatic rings. The minimum absolute atomic E-state index is 0.0715. The molecule has 0 bridgehead atoms. The lowest BCUT2D eigenvalue weighted by atomic mass is 10.0. The SMILES string of the molecule is Cc1[nH]nc2ncc(C(=O)N3CCC(N(C)C)CC3)cc12. The van der Waals surface area contributed by atoms with E-state index < -0.39 is 0 Å². The number of aromatic amines is 1. The van der Waals surface area contributed by atoms with Crippen LogP contribution < -0.4 is 0 Å². The van der Waals surface area contributed by atoms with Gasteiger partial charge in [0.2, 0.25) is 0 Å². The molecular weight excluding hydrogens is 266 g/mol. The molecule has 3 rings (SSSR count). The molecular formula is C15H21N5O. The van der Waals surface area contributed by atoms with Crippen molar-refractivity contribution in [2.24, 2.45) is 0 Å². The van der Waals surface area contributed by atoms with Gasteiger partial charge in [-0.15, -0.1) is 0 Å². The number of piperidine rings is 1. The molecule has 1 N–H and O–H groups in total. The van der Waals surface area contributed by atoms with Crippen molar-refractivity contribution in [1.82, 2.24) is 25.0 Å². The maximum Gasteiger partial charge on any atom is 0.255 e. The number of nitrogens with one attached hydrogen (secondary N) is 1. The summed E-state index contributed by atoms with van der Waals surface area (Å²) in [4.78, 5) is 21.0. The number of hydrogen-bond acceptors (Lipinski definition) is 4. The summed E-state index contributed by atoms with van der Waals surface area (Å²) in [5, 5.41) is 7.91. The Morgan fingerprint density at radius 2 is 2.10 bits per heavy atom. The van der Waals surface area contributed by atoms with E-state index in [0.717, 1.165) is 37.0 Å². The quantitative estimate of drug-likeness (QED) is 0.907. The number of pyridine rings is 1. The molecule has 1 amide bonds. The van der Waals surface area contributed by atoms with E-state index in [1.165, 1.54) is 0 Å². The summed E-state index contributed by atoms with van der Waals surface area (Å²) in [6, 6.07) is 2.47. The van der Waals surface area contributed by atoms with E-state index in [0.29, 0.717) is 17.3 Å². The summed E-state index contributed by atoms with van der Waals surface area (Å²) >= 11 is 0. The predicted octanol–water partition coefficient (Wildman–Crippen LogP) is 1.43. The molecule has 6 heteroatoms. The van der Waals surface area contributed by atoms with E-state index in [9.17, 15) is 4.79 Å². The zero-order valence-electron chi connectivity index (χ0n) is 12.8. The summed E-state index contributed by atoms with van der Waals surface area (Å²) in [6.07, 6.45) is 3.68. The molecule has 0 unspecified atom stereocenters. The average molecular weight is 287 g/mol. The average Bonchev–Trinajstić information content (AvgIpc) is 2.87. The smallest absolute Gasteiger partial charge is 0.255 e. The Morgan fingerprint density at radius 3 is 2.76 bits per heavy atom. The van der Waals surface area contributed by atoms with Crippen LogP contribution in [0.4, 0.5) is 0 Å². The van der Waals surface area contributed by atoms with Crippen LogP contribution in [0.1, 0.15) is 28.9 Å². The van der Waals surface area contributed by atoms with Crippen molar-refractivity contribution in [3.8, 4) is 0 Å². The first-order valence-electron chi connectivity index (χ1n) is 7.32. The van der Waals surface area contributed by atoms with Gasteiger partial charge in [-0.3, -0.25) is 9.89 Å². The predicted molar refractivity (Wildman–Crippen MR) is 81.2 cm³/mol. The van der Waals surface area contributed by atoms with E-state index in [4.69, 9.17) is 0 Å². The highest BCUT2D eigenvalue weighted by Crippen LogP contribution is 2.19. The summed E-state index contributed by atoms with van der Waals surface area (Å²) in [7, 11) is 4.20. The van der Waals surface area contributed by atoms with Crippen LogP contribution in [0.2, 0.25) is 0 Å². The van der Waals surface area contributed by atoms with Gasteiger partial charge in [-0.05, 0) is 39.9 Å². The summed E-state index contributed by atoms with van der Waals surface area (Å²) in [6.45, 7) is 3.56. The second-order valence-corrected chi connectivity index (χ2v) is 5.93. The van der Waals surface area contributed by atoms with Crippen LogP contribution >= 0.6 is 0 Å². The highest BCUT2D eigenvalue weighted by Gasteiger charge is 2.25. The fraction of sp³-hybridized carbons (Fsp3) is 0.533. The zero-order chi connectivity index (χ0) is 15.0. The van der Waals surface area contributed by atoms with Gasteiger partial charge >= 0.3 is 0 Å². The van der Waals surface area contributed by atoms with E-state index >= 15 is 0 Å². The molecule has 0 aromatic carbocycles. The van der Waals surface area contributed by atoms with Crippen molar-refractivity contribution in [2.45, 2.75) is 25.8 Å². The minimum Gasteiger partial charge on any atom is -0.338 e. The molecule has 0 atom stereocenters. The molecule has 6 nitrogen and oxygen atoms in total. The number of carbonyl (C=O) groups is 1. The van der Waals surface area contributed by atoms with Crippen LogP contribution in [0.25, 0.3) is 11.0 Å². The topological polar surface area (TPSA) is 65.1 Å². The van der Waals surface area contributed by atoms with Gasteiger partial charge in [0, 0.05) is 36.4 Å². The van der Waals surface area contributed by atoms with Gasteiger partial charge in [-0.2, -0.15) is 5.10 Å². The van der Waals surface area contributed by atoms with Crippen LogP contribution in [-0.2, 0) is 0 Å². The highest BCUT2D eigenvalue weighted by molar-refractivity contribution is 5.97. The number of aryl methyl sites for hydroxylation is 1. The molecule has 0 saturated carbocycles. The number of rotatable bonds is 2. The molecule has 3 heterocycles. The lowest BCUT2D eigenvalue weighted by Gasteiger charge is -2.35. The number of nitrogens with zero attached hydrogens (tertiary/aromatic N) is 4. The molecule has 1 saturated heterocycles. The highest BCUT2D eigenvalue weighted by atomic mass is 16.2. The van der Waals surface area contributed by atoms with Crippen LogP contribution in [0.15, 0.2) is 12.3 Å². The Kier molecular flexibility index (Phi) is 3.63. The molecule has 0 spiro atoms. The molecule has 112 valence electrons. The first-order chi connectivity index (χ1) is 10.1. The van der Waals surface area contributed by atoms with Crippen LogP contribution in [0, 0.1) is 6.92 Å². The number of likely N-dealkylation sites (tertiary alicyclic amines) is 1. The van der Waals surface area contributed by atoms with E-state index in [2.05, 4.69) is 34.2 Å². The lowest BCUT2D eigenvalue weighted by Crippen LogP contribution is -2.44. The molecule has 0 aliphatic carbocycles. The third-order valence-corrected chi connectivity index (χ3v) is 4.33. The maximum atomic E-state index is 12.6. The third-order valence-electron chi connectivity index (χ3n) is 4.33. The Morgan fingerprint density at radius 1 is 1.38 bits per heavy atom. The third kappa shape index (κ3) is 2.63. The molecule has 2 aromatic heterocycles. The molecule has 1 fully saturated rings. The molecule has 21 heavy (non-hydrogen) atoms. The van der Waals surface area contributed by atoms with Crippen LogP contribution in [-0.4, -0.2) is 64.1 Å². The Bertz CT molecular complexity index is 655. The van der Waals surface area contributed by atoms with Crippen LogP contribution in [0.3, 0.4) is 0 Å². The zero-order valence-corrected chi connectivity index (χ0v) is 12.8. The first-order valence-corrected chi connectivity index (χ1v) is 7.32. The molecule has 1 aliphatic heterocycles. The largest absolute Gasteiger partial charge is 0.338 e. The monoisotopic (exact) mass is 287 g/mol. The maximum absolute atomic E-state index is 12.6. The standard InChI is InChI=1S/C15H21N5O/c1-10-13-8-11(9-16-14(13)18-17-10)15(21)20-6-4-12(5-7-20)19(2)3/h8-9,12H,4-7H2,1-3H3,(H,16,17,18). The van der Waals surface area contributed by atoms with Gasteiger partial charge in [0.25, 0.3) is 5.91 Å². The Labute approximate surface area is 124 Å².